The van der Waals surface area contributed by atoms with Gasteiger partial charge in [-0.25, -0.2) is 0 Å². The number of hydrogen-bond acceptors (Lipinski definition) is 5. The Kier molecular flexibility index (Phi) is 3.94. The van der Waals surface area contributed by atoms with Crippen molar-refractivity contribution in [2.75, 3.05) is 5.32 Å². The largest absolute Gasteiger partial charge is 0.490 e. The van der Waals surface area contributed by atoms with Gasteiger partial charge in [-0.15, -0.1) is 0 Å². The van der Waals surface area contributed by atoms with Gasteiger partial charge >= 0.3 is 5.95 Å². The SMILES string of the molecule is Cc1ccc(NC(=O)Cn2cnc([N+](=O)[O-])n2)c(Cl)c1. The number of amides is 1. The lowest BCUT2D eigenvalue weighted by molar-refractivity contribution is -0.394. The summed E-state index contributed by atoms with van der Waals surface area (Å²) in [4.78, 5) is 24.9. The molecule has 1 heterocycles. The lowest BCUT2D eigenvalue weighted by atomic mass is 10.2. The molecule has 0 saturated heterocycles. The van der Waals surface area contributed by atoms with Crippen LogP contribution in [0, 0.1) is 17.0 Å². The van der Waals surface area contributed by atoms with Crippen LogP contribution in [0.25, 0.3) is 0 Å². The molecule has 104 valence electrons. The highest BCUT2D eigenvalue weighted by atomic mass is 35.5. The predicted molar refractivity (Wildman–Crippen MR) is 71.5 cm³/mol. The highest BCUT2D eigenvalue weighted by molar-refractivity contribution is 6.33. The summed E-state index contributed by atoms with van der Waals surface area (Å²) in [5.74, 6) is -0.957. The molecule has 1 N–H and O–H groups in total. The van der Waals surface area contributed by atoms with Crippen LogP contribution in [0.15, 0.2) is 24.5 Å². The van der Waals surface area contributed by atoms with Crippen molar-refractivity contribution in [2.24, 2.45) is 0 Å². The summed E-state index contributed by atoms with van der Waals surface area (Å²) < 4.78 is 1.08. The maximum atomic E-state index is 11.8. The third-order valence-corrected chi connectivity index (χ3v) is 2.70. The van der Waals surface area contributed by atoms with E-state index in [2.05, 4.69) is 15.4 Å². The van der Waals surface area contributed by atoms with Crippen molar-refractivity contribution in [3.8, 4) is 0 Å². The normalized spacial score (nSPS) is 10.3. The van der Waals surface area contributed by atoms with Crippen molar-refractivity contribution in [3.63, 3.8) is 0 Å². The average Bonchev–Trinajstić information content (AvgIpc) is 2.81. The molecule has 0 aliphatic heterocycles. The fraction of sp³-hybridized carbons (Fsp3) is 0.182. The zero-order valence-corrected chi connectivity index (χ0v) is 11.2. The molecule has 9 heteroatoms. The van der Waals surface area contributed by atoms with E-state index in [1.807, 2.05) is 13.0 Å². The predicted octanol–water partition coefficient (Wildman–Crippen LogP) is 1.79. The minimum Gasteiger partial charge on any atom is -0.390 e. The van der Waals surface area contributed by atoms with Crippen LogP contribution in [0.3, 0.4) is 0 Å². The standard InChI is InChI=1S/C11H10ClN5O3/c1-7-2-3-9(8(12)4-7)14-10(18)5-16-6-13-11(15-16)17(19)20/h2-4,6H,5H2,1H3,(H,14,18). The number of aryl methyl sites for hydroxylation is 1. The number of anilines is 1. The monoisotopic (exact) mass is 295 g/mol. The Balaban J connectivity index is 2.03. The van der Waals surface area contributed by atoms with Crippen LogP contribution in [-0.4, -0.2) is 25.6 Å². The van der Waals surface area contributed by atoms with Gasteiger partial charge in [-0.05, 0) is 29.5 Å². The van der Waals surface area contributed by atoms with Crippen LogP contribution in [0.2, 0.25) is 5.02 Å². The number of aromatic nitrogens is 3. The molecule has 0 spiro atoms. The summed E-state index contributed by atoms with van der Waals surface area (Å²) in [6.45, 7) is 1.69. The maximum absolute atomic E-state index is 11.8. The minimum atomic E-state index is -0.731. The second-order valence-corrected chi connectivity index (χ2v) is 4.44. The molecule has 0 unspecified atom stereocenters. The number of rotatable bonds is 4. The van der Waals surface area contributed by atoms with E-state index in [4.69, 9.17) is 11.6 Å². The van der Waals surface area contributed by atoms with Gasteiger partial charge in [0.1, 0.15) is 6.54 Å². The van der Waals surface area contributed by atoms with E-state index < -0.39 is 16.8 Å². The molecule has 0 aliphatic carbocycles. The van der Waals surface area contributed by atoms with Crippen molar-refractivity contribution in [1.82, 2.24) is 14.8 Å². The molecule has 0 bridgehead atoms. The molecule has 0 fully saturated rings. The van der Waals surface area contributed by atoms with Gasteiger partial charge in [-0.2, -0.15) is 4.68 Å². The van der Waals surface area contributed by atoms with E-state index in [-0.39, 0.29) is 6.54 Å². The van der Waals surface area contributed by atoms with Crippen molar-refractivity contribution >= 4 is 29.1 Å². The van der Waals surface area contributed by atoms with Crippen LogP contribution in [0.1, 0.15) is 5.56 Å². The Morgan fingerprint density at radius 3 is 2.90 bits per heavy atom. The van der Waals surface area contributed by atoms with Crippen LogP contribution in [0.4, 0.5) is 11.6 Å². The molecule has 0 atom stereocenters. The van der Waals surface area contributed by atoms with Gasteiger partial charge in [0.05, 0.1) is 10.7 Å². The number of nitrogens with zero attached hydrogens (tertiary/aromatic N) is 4. The van der Waals surface area contributed by atoms with Crippen molar-refractivity contribution < 1.29 is 9.72 Å². The third kappa shape index (κ3) is 3.29. The summed E-state index contributed by atoms with van der Waals surface area (Å²) in [6.07, 6.45) is 1.12. The van der Waals surface area contributed by atoms with E-state index >= 15 is 0 Å². The van der Waals surface area contributed by atoms with E-state index in [1.54, 1.807) is 12.1 Å². The van der Waals surface area contributed by atoms with E-state index in [0.29, 0.717) is 10.7 Å². The van der Waals surface area contributed by atoms with Crippen molar-refractivity contribution in [3.05, 3.63) is 45.2 Å². The molecule has 0 aliphatic rings. The Bertz CT molecular complexity index is 670. The van der Waals surface area contributed by atoms with Gasteiger partial charge in [0.25, 0.3) is 0 Å². The number of hydrogen-bond donors (Lipinski definition) is 1. The van der Waals surface area contributed by atoms with Gasteiger partial charge < -0.3 is 15.4 Å². The molecule has 1 aromatic heterocycles. The van der Waals surface area contributed by atoms with Crippen LogP contribution in [0.5, 0.6) is 0 Å². The van der Waals surface area contributed by atoms with E-state index in [0.717, 1.165) is 16.6 Å². The van der Waals surface area contributed by atoms with Gasteiger partial charge in [0, 0.05) is 5.10 Å². The van der Waals surface area contributed by atoms with Crippen molar-refractivity contribution in [1.29, 1.82) is 0 Å². The molecule has 1 aromatic carbocycles. The zero-order chi connectivity index (χ0) is 14.7. The number of nitrogens with one attached hydrogen (secondary N) is 1. The second kappa shape index (κ2) is 5.66. The lowest BCUT2D eigenvalue weighted by Crippen LogP contribution is -2.19. The Morgan fingerprint density at radius 2 is 2.30 bits per heavy atom. The van der Waals surface area contributed by atoms with Gasteiger partial charge in [0.15, 0.2) is 0 Å². The Hall–Kier alpha value is -2.48. The maximum Gasteiger partial charge on any atom is 0.490 e. The highest BCUT2D eigenvalue weighted by Crippen LogP contribution is 2.22. The smallest absolute Gasteiger partial charge is 0.390 e. The fourth-order valence-corrected chi connectivity index (χ4v) is 1.79. The summed E-state index contributed by atoms with van der Waals surface area (Å²) >= 11 is 5.98. The number of benzene rings is 1. The molecule has 2 rings (SSSR count). The summed E-state index contributed by atoms with van der Waals surface area (Å²) in [7, 11) is 0. The first-order chi connectivity index (χ1) is 9.45. The highest BCUT2D eigenvalue weighted by Gasteiger charge is 2.15. The molecule has 8 nitrogen and oxygen atoms in total. The van der Waals surface area contributed by atoms with E-state index in [9.17, 15) is 14.9 Å². The van der Waals surface area contributed by atoms with Gasteiger partial charge in [-0.3, -0.25) is 4.79 Å². The molecule has 1 amide bonds. The van der Waals surface area contributed by atoms with Crippen molar-refractivity contribution in [2.45, 2.75) is 13.5 Å². The number of carbonyl (C=O) groups excluding carboxylic acids is 1. The van der Waals surface area contributed by atoms with Crippen LogP contribution in [-0.2, 0) is 11.3 Å². The fourth-order valence-electron chi connectivity index (χ4n) is 1.50. The number of halogens is 1. The zero-order valence-electron chi connectivity index (χ0n) is 10.4. The molecule has 0 saturated carbocycles. The van der Waals surface area contributed by atoms with Crippen LogP contribution < -0.4 is 5.32 Å². The molecular weight excluding hydrogens is 286 g/mol. The van der Waals surface area contributed by atoms with Gasteiger partial charge in [-0.1, -0.05) is 22.7 Å². The summed E-state index contributed by atoms with van der Waals surface area (Å²) in [5, 5.41) is 17.0. The number of nitro groups is 1. The second-order valence-electron chi connectivity index (χ2n) is 4.03. The topological polar surface area (TPSA) is 103 Å². The summed E-state index contributed by atoms with van der Waals surface area (Å²) in [5.41, 5.74) is 1.44. The lowest BCUT2D eigenvalue weighted by Gasteiger charge is -2.06. The van der Waals surface area contributed by atoms with Gasteiger partial charge in [0.2, 0.25) is 12.2 Å². The Morgan fingerprint density at radius 1 is 1.55 bits per heavy atom. The Labute approximate surface area is 118 Å². The first-order valence-corrected chi connectivity index (χ1v) is 5.93. The first-order valence-electron chi connectivity index (χ1n) is 5.55. The average molecular weight is 296 g/mol. The molecule has 20 heavy (non-hydrogen) atoms. The van der Waals surface area contributed by atoms with Crippen LogP contribution >= 0.6 is 11.6 Å². The minimum absolute atomic E-state index is 0.189. The molecule has 0 radical (unpaired) electrons. The first kappa shape index (κ1) is 13.9. The quantitative estimate of drug-likeness (QED) is 0.684. The molecule has 2 aromatic rings. The third-order valence-electron chi connectivity index (χ3n) is 2.39. The molecular formula is C11H10ClN5O3. The summed E-state index contributed by atoms with van der Waals surface area (Å²) in [6, 6.07) is 5.21. The number of carbonyl (C=O) groups is 1. The van der Waals surface area contributed by atoms with E-state index in [1.165, 1.54) is 0 Å².